The minimum Gasteiger partial charge on any atom is -0.465 e. The van der Waals surface area contributed by atoms with Gasteiger partial charge in [-0.2, -0.15) is 0 Å². The third-order valence-electron chi connectivity index (χ3n) is 5.31. The fourth-order valence-corrected chi connectivity index (χ4v) is 3.82. The molecule has 36 heavy (non-hydrogen) atoms. The smallest absolute Gasteiger partial charge is 0.337 e. The van der Waals surface area contributed by atoms with E-state index in [1.54, 1.807) is 66.7 Å². The minimum absolute atomic E-state index is 0.246. The number of benzene rings is 3. The SMILES string of the molecule is C=CCn1c(=S)[nH]c2cc(C(=O)Nc3cccc(C#Cc4cccc(C(=O)OC)c4)c3)ccc2c1=O. The van der Waals surface area contributed by atoms with Crippen LogP contribution in [-0.4, -0.2) is 28.5 Å². The summed E-state index contributed by atoms with van der Waals surface area (Å²) in [5.41, 5.74) is 2.92. The van der Waals surface area contributed by atoms with E-state index in [1.165, 1.54) is 11.7 Å². The van der Waals surface area contributed by atoms with Gasteiger partial charge in [0, 0.05) is 28.9 Å². The second-order valence-corrected chi connectivity index (χ2v) is 8.14. The number of nitrogens with zero attached hydrogens (tertiary/aromatic N) is 1. The molecular weight excluding hydrogens is 474 g/mol. The normalized spacial score (nSPS) is 10.2. The molecule has 0 radical (unpaired) electrons. The van der Waals surface area contributed by atoms with Gasteiger partial charge in [0.15, 0.2) is 4.77 Å². The molecule has 1 aromatic heterocycles. The third kappa shape index (κ3) is 5.32. The number of H-pyrrole nitrogens is 1. The van der Waals surface area contributed by atoms with Crippen LogP contribution in [0.5, 0.6) is 0 Å². The maximum atomic E-state index is 12.9. The minimum atomic E-state index is -0.430. The molecule has 2 N–H and O–H groups in total. The van der Waals surface area contributed by atoms with Crippen molar-refractivity contribution in [3.05, 3.63) is 117 Å². The number of methoxy groups -OCH3 is 1. The van der Waals surface area contributed by atoms with Crippen molar-refractivity contribution in [2.45, 2.75) is 6.54 Å². The molecule has 1 heterocycles. The predicted octanol–water partition coefficient (Wildman–Crippen LogP) is 4.68. The first-order chi connectivity index (χ1) is 17.4. The van der Waals surface area contributed by atoms with E-state index in [4.69, 9.17) is 17.0 Å². The van der Waals surface area contributed by atoms with E-state index in [9.17, 15) is 14.4 Å². The molecule has 4 aromatic rings. The average molecular weight is 496 g/mol. The van der Waals surface area contributed by atoms with Gasteiger partial charge in [0.1, 0.15) is 0 Å². The zero-order chi connectivity index (χ0) is 25.7. The van der Waals surface area contributed by atoms with Crippen molar-refractivity contribution in [3.63, 3.8) is 0 Å². The lowest BCUT2D eigenvalue weighted by molar-refractivity contribution is 0.0600. The van der Waals surface area contributed by atoms with Gasteiger partial charge in [-0.25, -0.2) is 4.79 Å². The standard InChI is InChI=1S/C28H21N3O4S/c1-3-14-31-26(33)23-13-12-20(17-24(23)30-28(31)36)25(32)29-22-9-5-7-19(16-22)11-10-18-6-4-8-21(15-18)27(34)35-2/h3-9,12-13,15-17H,1,14H2,2H3,(H,29,32)(H,30,36). The summed E-state index contributed by atoms with van der Waals surface area (Å²) >= 11 is 5.27. The lowest BCUT2D eigenvalue weighted by atomic mass is 10.1. The number of nitrogens with one attached hydrogen (secondary N) is 2. The Morgan fingerprint density at radius 3 is 2.50 bits per heavy atom. The fourth-order valence-electron chi connectivity index (χ4n) is 3.55. The second kappa shape index (κ2) is 10.7. The summed E-state index contributed by atoms with van der Waals surface area (Å²) in [6.07, 6.45) is 1.59. The molecular formula is C28H21N3O4S. The van der Waals surface area contributed by atoms with E-state index >= 15 is 0 Å². The zero-order valence-corrected chi connectivity index (χ0v) is 20.1. The summed E-state index contributed by atoms with van der Waals surface area (Å²) in [6, 6.07) is 18.7. The summed E-state index contributed by atoms with van der Waals surface area (Å²) in [5, 5.41) is 3.28. The molecule has 0 bridgehead atoms. The Labute approximate surface area is 212 Å². The molecule has 0 saturated carbocycles. The molecule has 0 atom stereocenters. The molecule has 0 aliphatic carbocycles. The average Bonchev–Trinajstić information content (AvgIpc) is 2.89. The largest absolute Gasteiger partial charge is 0.465 e. The highest BCUT2D eigenvalue weighted by molar-refractivity contribution is 7.71. The molecule has 0 fully saturated rings. The van der Waals surface area contributed by atoms with E-state index in [0.29, 0.717) is 45.4 Å². The summed E-state index contributed by atoms with van der Waals surface area (Å²) in [5.74, 6) is 5.28. The van der Waals surface area contributed by atoms with Crippen LogP contribution in [0.1, 0.15) is 31.8 Å². The number of hydrogen-bond acceptors (Lipinski definition) is 5. The fraction of sp³-hybridized carbons (Fsp3) is 0.0714. The maximum Gasteiger partial charge on any atom is 0.337 e. The van der Waals surface area contributed by atoms with Crippen molar-refractivity contribution < 1.29 is 14.3 Å². The number of ether oxygens (including phenoxy) is 1. The first-order valence-corrected chi connectivity index (χ1v) is 11.3. The number of carbonyl (C=O) groups excluding carboxylic acids is 2. The highest BCUT2D eigenvalue weighted by Crippen LogP contribution is 2.15. The Bertz CT molecular complexity index is 1690. The van der Waals surface area contributed by atoms with Crippen molar-refractivity contribution in [1.29, 1.82) is 0 Å². The first-order valence-electron chi connectivity index (χ1n) is 10.9. The number of hydrogen-bond donors (Lipinski definition) is 2. The van der Waals surface area contributed by atoms with Crippen LogP contribution >= 0.6 is 12.2 Å². The van der Waals surface area contributed by atoms with Gasteiger partial charge in [0.05, 0.1) is 23.6 Å². The number of fused-ring (bicyclic) bond motifs is 1. The maximum absolute atomic E-state index is 12.9. The van der Waals surface area contributed by atoms with Crippen LogP contribution in [0.4, 0.5) is 5.69 Å². The Morgan fingerprint density at radius 2 is 1.78 bits per heavy atom. The van der Waals surface area contributed by atoms with Gasteiger partial charge in [-0.15, -0.1) is 6.58 Å². The summed E-state index contributed by atoms with van der Waals surface area (Å²) < 4.78 is 6.40. The van der Waals surface area contributed by atoms with Crippen molar-refractivity contribution in [3.8, 4) is 11.8 Å². The molecule has 8 heteroatoms. The van der Waals surface area contributed by atoms with Gasteiger partial charge in [-0.3, -0.25) is 14.2 Å². The van der Waals surface area contributed by atoms with Crippen LogP contribution in [0, 0.1) is 16.6 Å². The van der Waals surface area contributed by atoms with Gasteiger partial charge >= 0.3 is 5.97 Å². The molecule has 0 unspecified atom stereocenters. The van der Waals surface area contributed by atoms with Gasteiger partial charge < -0.3 is 15.0 Å². The molecule has 4 rings (SSSR count). The van der Waals surface area contributed by atoms with Gasteiger partial charge in [-0.1, -0.05) is 30.0 Å². The van der Waals surface area contributed by atoms with Crippen LogP contribution in [-0.2, 0) is 11.3 Å². The topological polar surface area (TPSA) is 93.2 Å². The van der Waals surface area contributed by atoms with Crippen LogP contribution < -0.4 is 10.9 Å². The van der Waals surface area contributed by atoms with Crippen molar-refractivity contribution in [2.75, 3.05) is 12.4 Å². The van der Waals surface area contributed by atoms with Crippen LogP contribution in [0.25, 0.3) is 10.9 Å². The Hall–Kier alpha value is -4.74. The third-order valence-corrected chi connectivity index (χ3v) is 5.63. The zero-order valence-electron chi connectivity index (χ0n) is 19.3. The molecule has 0 aliphatic rings. The molecule has 0 spiro atoms. The molecule has 1 amide bonds. The van der Waals surface area contributed by atoms with E-state index in [2.05, 4.69) is 28.7 Å². The van der Waals surface area contributed by atoms with E-state index in [0.717, 1.165) is 0 Å². The number of esters is 1. The number of amides is 1. The van der Waals surface area contributed by atoms with Crippen molar-refractivity contribution in [2.24, 2.45) is 0 Å². The lowest BCUT2D eigenvalue weighted by Crippen LogP contribution is -2.22. The van der Waals surface area contributed by atoms with Crippen molar-refractivity contribution in [1.82, 2.24) is 9.55 Å². The first kappa shape index (κ1) is 24.4. The monoisotopic (exact) mass is 495 g/mol. The van der Waals surface area contributed by atoms with E-state index in [1.807, 2.05) is 6.07 Å². The van der Waals surface area contributed by atoms with Crippen LogP contribution in [0.2, 0.25) is 0 Å². The number of rotatable bonds is 5. The second-order valence-electron chi connectivity index (χ2n) is 7.75. The summed E-state index contributed by atoms with van der Waals surface area (Å²) in [7, 11) is 1.33. The van der Waals surface area contributed by atoms with Gasteiger partial charge in [-0.05, 0) is 66.8 Å². The number of aromatic amines is 1. The summed E-state index contributed by atoms with van der Waals surface area (Å²) in [6.45, 7) is 3.94. The highest BCUT2D eigenvalue weighted by atomic mass is 32.1. The lowest BCUT2D eigenvalue weighted by Gasteiger charge is -2.09. The number of anilines is 1. The predicted molar refractivity (Wildman–Crippen MR) is 142 cm³/mol. The Kier molecular flexibility index (Phi) is 7.23. The number of allylic oxidation sites excluding steroid dienone is 1. The van der Waals surface area contributed by atoms with Gasteiger partial charge in [0.2, 0.25) is 0 Å². The molecule has 3 aromatic carbocycles. The number of aromatic nitrogens is 2. The Balaban J connectivity index is 1.55. The van der Waals surface area contributed by atoms with Gasteiger partial charge in [0.25, 0.3) is 11.5 Å². The molecule has 0 aliphatic heterocycles. The van der Waals surface area contributed by atoms with E-state index in [-0.39, 0.29) is 16.2 Å². The highest BCUT2D eigenvalue weighted by Gasteiger charge is 2.11. The number of carbonyl (C=O) groups is 2. The molecule has 178 valence electrons. The quantitative estimate of drug-likeness (QED) is 0.181. The van der Waals surface area contributed by atoms with Crippen LogP contribution in [0.15, 0.2) is 84.2 Å². The van der Waals surface area contributed by atoms with E-state index < -0.39 is 5.97 Å². The Morgan fingerprint density at radius 1 is 1.06 bits per heavy atom. The molecule has 0 saturated heterocycles. The van der Waals surface area contributed by atoms with Crippen LogP contribution in [0.3, 0.4) is 0 Å². The molecule has 7 nitrogen and oxygen atoms in total. The van der Waals surface area contributed by atoms with Crippen molar-refractivity contribution >= 4 is 40.7 Å². The summed E-state index contributed by atoms with van der Waals surface area (Å²) in [4.78, 5) is 40.3.